The van der Waals surface area contributed by atoms with E-state index in [2.05, 4.69) is 85.0 Å². The van der Waals surface area contributed by atoms with Gasteiger partial charge in [-0.15, -0.1) is 0 Å². The summed E-state index contributed by atoms with van der Waals surface area (Å²) >= 11 is 0. The number of hydrogen-bond acceptors (Lipinski definition) is 1. The number of benzene rings is 4. The van der Waals surface area contributed by atoms with E-state index in [-0.39, 0.29) is 11.8 Å². The summed E-state index contributed by atoms with van der Waals surface area (Å²) in [6.07, 6.45) is 8.50. The molecule has 4 aromatic rings. The molecule has 2 aliphatic rings. The maximum Gasteiger partial charge on any atom is 0.156 e. The van der Waals surface area contributed by atoms with Crippen molar-refractivity contribution in [3.05, 3.63) is 142 Å². The third kappa shape index (κ3) is 3.14. The molecule has 0 aromatic heterocycles. The van der Waals surface area contributed by atoms with E-state index in [1.807, 2.05) is 36.4 Å². The van der Waals surface area contributed by atoms with Crippen LogP contribution in [0.2, 0.25) is 0 Å². The highest BCUT2D eigenvalue weighted by atomic mass is 16.1. The van der Waals surface area contributed by atoms with Gasteiger partial charge < -0.3 is 0 Å². The van der Waals surface area contributed by atoms with Crippen molar-refractivity contribution in [2.24, 2.45) is 0 Å². The van der Waals surface area contributed by atoms with Gasteiger partial charge in [-0.1, -0.05) is 121 Å². The van der Waals surface area contributed by atoms with Gasteiger partial charge in [0.05, 0.1) is 11.8 Å². The van der Waals surface area contributed by atoms with Crippen LogP contribution in [0, 0.1) is 0 Å². The van der Waals surface area contributed by atoms with Crippen LogP contribution >= 0.6 is 0 Å². The molecule has 0 N–H and O–H groups in total. The second-order valence-electron chi connectivity index (χ2n) is 8.53. The fraction of sp³-hybridized carbons (Fsp3) is 0.0645. The van der Waals surface area contributed by atoms with Crippen LogP contribution in [0.5, 0.6) is 0 Å². The Morgan fingerprint density at radius 3 is 1.28 bits per heavy atom. The zero-order valence-corrected chi connectivity index (χ0v) is 17.6. The van der Waals surface area contributed by atoms with Crippen molar-refractivity contribution in [1.29, 1.82) is 0 Å². The van der Waals surface area contributed by atoms with Crippen LogP contribution in [0.15, 0.2) is 97.1 Å². The van der Waals surface area contributed by atoms with Crippen LogP contribution in [-0.2, 0) is 4.79 Å². The summed E-state index contributed by atoms with van der Waals surface area (Å²) in [4.78, 5) is 13.2. The van der Waals surface area contributed by atoms with Gasteiger partial charge in [-0.05, 0) is 44.5 Å². The second-order valence-corrected chi connectivity index (χ2v) is 8.53. The normalized spacial score (nSPS) is 18.4. The lowest BCUT2D eigenvalue weighted by molar-refractivity contribution is -0.118. The van der Waals surface area contributed by atoms with Crippen molar-refractivity contribution in [2.75, 3.05) is 0 Å². The first-order valence-electron chi connectivity index (χ1n) is 11.1. The molecule has 32 heavy (non-hydrogen) atoms. The van der Waals surface area contributed by atoms with Gasteiger partial charge in [-0.3, -0.25) is 4.79 Å². The topological polar surface area (TPSA) is 17.1 Å². The van der Waals surface area contributed by atoms with E-state index < -0.39 is 0 Å². The number of rotatable bonds is 4. The highest BCUT2D eigenvalue weighted by Gasteiger charge is 2.48. The van der Waals surface area contributed by atoms with Gasteiger partial charge in [0.2, 0.25) is 0 Å². The van der Waals surface area contributed by atoms with Crippen LogP contribution in [0.1, 0.15) is 56.3 Å². The van der Waals surface area contributed by atoms with E-state index in [1.165, 1.54) is 33.4 Å². The molecular weight excluding hydrogens is 388 g/mol. The van der Waals surface area contributed by atoms with Gasteiger partial charge in [0, 0.05) is 0 Å². The van der Waals surface area contributed by atoms with Crippen molar-refractivity contribution < 1.29 is 4.79 Å². The summed E-state index contributed by atoms with van der Waals surface area (Å²) in [5.41, 5.74) is 9.32. The smallest absolute Gasteiger partial charge is 0.156 e. The van der Waals surface area contributed by atoms with E-state index in [0.29, 0.717) is 5.78 Å². The lowest BCUT2D eigenvalue weighted by atomic mass is 9.84. The largest absolute Gasteiger partial charge is 0.298 e. The molecular formula is C31H22O. The highest BCUT2D eigenvalue weighted by Crippen LogP contribution is 2.54. The number of fused-ring (bicyclic) bond motifs is 8. The maximum atomic E-state index is 13.2. The molecule has 0 saturated heterocycles. The fourth-order valence-corrected chi connectivity index (χ4v) is 5.05. The molecule has 2 bridgehead atoms. The molecule has 0 saturated carbocycles. The van der Waals surface area contributed by atoms with E-state index >= 15 is 0 Å². The van der Waals surface area contributed by atoms with Crippen molar-refractivity contribution in [3.63, 3.8) is 0 Å². The predicted octanol–water partition coefficient (Wildman–Crippen LogP) is 7.19. The van der Waals surface area contributed by atoms with Crippen molar-refractivity contribution in [3.8, 4) is 0 Å². The average Bonchev–Trinajstić information content (AvgIpc) is 3.29. The zero-order chi connectivity index (χ0) is 21.5. The molecule has 4 aromatic carbocycles. The summed E-state index contributed by atoms with van der Waals surface area (Å²) in [7, 11) is 0. The third-order valence-electron chi connectivity index (χ3n) is 6.57. The molecule has 0 heterocycles. The van der Waals surface area contributed by atoms with E-state index in [0.717, 1.165) is 11.1 Å². The van der Waals surface area contributed by atoms with Crippen LogP contribution in [0.25, 0.3) is 24.3 Å². The van der Waals surface area contributed by atoms with E-state index in [4.69, 9.17) is 0 Å². The lowest BCUT2D eigenvalue weighted by Crippen LogP contribution is -2.03. The number of ketones is 1. The quantitative estimate of drug-likeness (QED) is 0.326. The summed E-state index contributed by atoms with van der Waals surface area (Å²) in [5, 5.41) is 0. The number of carbonyl (C=O) groups is 1. The molecule has 0 amide bonds. The van der Waals surface area contributed by atoms with Gasteiger partial charge in [-0.25, -0.2) is 0 Å². The monoisotopic (exact) mass is 410 g/mol. The Bertz CT molecular complexity index is 1270. The molecule has 0 aliphatic heterocycles. The summed E-state index contributed by atoms with van der Waals surface area (Å²) in [5.74, 6) is 0.0767. The first kappa shape index (κ1) is 18.8. The van der Waals surface area contributed by atoms with Gasteiger partial charge in [0.15, 0.2) is 5.78 Å². The van der Waals surface area contributed by atoms with Crippen molar-refractivity contribution >= 4 is 30.1 Å². The molecule has 1 nitrogen and oxygen atoms in total. The average molecular weight is 411 g/mol. The molecule has 0 fully saturated rings. The van der Waals surface area contributed by atoms with Gasteiger partial charge in [-0.2, -0.15) is 0 Å². The summed E-state index contributed by atoms with van der Waals surface area (Å²) < 4.78 is 0. The second kappa shape index (κ2) is 7.62. The summed E-state index contributed by atoms with van der Waals surface area (Å²) in [6.45, 7) is 0. The van der Waals surface area contributed by atoms with Gasteiger partial charge >= 0.3 is 0 Å². The maximum absolute atomic E-state index is 13.2. The van der Waals surface area contributed by atoms with Crippen LogP contribution in [0.3, 0.4) is 0 Å². The predicted molar refractivity (Wildman–Crippen MR) is 132 cm³/mol. The molecule has 152 valence electrons. The first-order valence-corrected chi connectivity index (χ1v) is 11.1. The SMILES string of the molecule is O=C1[C@@H]2c3ccc(C=Cc4ccccc4)cc3[C@H]1c1ccc(C=Cc3ccccc3)cc12. The number of carbonyl (C=O) groups excluding carboxylic acids is 1. The minimum Gasteiger partial charge on any atom is -0.298 e. The minimum atomic E-state index is -0.123. The minimum absolute atomic E-state index is 0.123. The molecule has 0 radical (unpaired) electrons. The van der Waals surface area contributed by atoms with E-state index in [1.54, 1.807) is 0 Å². The zero-order valence-electron chi connectivity index (χ0n) is 17.6. The molecule has 1 heteroatoms. The van der Waals surface area contributed by atoms with Crippen LogP contribution < -0.4 is 0 Å². The van der Waals surface area contributed by atoms with Gasteiger partial charge in [0.25, 0.3) is 0 Å². The standard InChI is InChI=1S/C31H22O/c32-31-29-26-18-16-24(14-12-22-9-5-2-6-10-22)20-28(26)30(31)25-17-15-23(19-27(25)29)13-11-21-7-3-1-4-8-21/h1-20,29-30H/t29-,30-/m1/s1. The molecule has 0 unspecified atom stereocenters. The Morgan fingerprint density at radius 1 is 0.438 bits per heavy atom. The molecule has 2 atom stereocenters. The highest BCUT2D eigenvalue weighted by molar-refractivity contribution is 6.06. The number of Topliss-reactive ketones (excluding diaryl/α,β-unsaturated/α-hetero) is 1. The Labute approximate surface area is 188 Å². The van der Waals surface area contributed by atoms with Crippen molar-refractivity contribution in [1.82, 2.24) is 0 Å². The first-order chi connectivity index (χ1) is 15.8. The lowest BCUT2D eigenvalue weighted by Gasteiger charge is -2.18. The Hall–Kier alpha value is -3.97. The Balaban J connectivity index is 1.31. The molecule has 6 rings (SSSR count). The molecule has 2 aliphatic carbocycles. The van der Waals surface area contributed by atoms with Crippen molar-refractivity contribution in [2.45, 2.75) is 11.8 Å². The summed E-state index contributed by atoms with van der Waals surface area (Å²) in [6, 6.07) is 33.5. The fourth-order valence-electron chi connectivity index (χ4n) is 5.05. The number of hydrogen-bond donors (Lipinski definition) is 0. The third-order valence-corrected chi connectivity index (χ3v) is 6.57. The Morgan fingerprint density at radius 2 is 0.844 bits per heavy atom. The Kier molecular flexibility index (Phi) is 4.47. The molecule has 0 spiro atoms. The van der Waals surface area contributed by atoms with E-state index in [9.17, 15) is 4.79 Å². The van der Waals surface area contributed by atoms with Crippen LogP contribution in [-0.4, -0.2) is 5.78 Å². The van der Waals surface area contributed by atoms with Gasteiger partial charge in [0.1, 0.15) is 0 Å². The van der Waals surface area contributed by atoms with Crippen LogP contribution in [0.4, 0.5) is 0 Å².